The van der Waals surface area contributed by atoms with Crippen molar-refractivity contribution in [2.45, 2.75) is 6.54 Å². The maximum absolute atomic E-state index is 8.56. The van der Waals surface area contributed by atoms with Crippen LogP contribution in [0.3, 0.4) is 0 Å². The van der Waals surface area contributed by atoms with Crippen molar-refractivity contribution in [3.63, 3.8) is 0 Å². The second kappa shape index (κ2) is 6.21. The van der Waals surface area contributed by atoms with Gasteiger partial charge >= 0.3 is 0 Å². The fourth-order valence-electron chi connectivity index (χ4n) is 1.66. The van der Waals surface area contributed by atoms with E-state index in [-0.39, 0.29) is 5.84 Å². The summed E-state index contributed by atoms with van der Waals surface area (Å²) in [5.74, 6) is 0.595. The van der Waals surface area contributed by atoms with Crippen LogP contribution in [0.1, 0.15) is 11.3 Å². The van der Waals surface area contributed by atoms with Gasteiger partial charge in [-0.2, -0.15) is 0 Å². The molecule has 0 aliphatic rings. The zero-order chi connectivity index (χ0) is 14.5. The van der Waals surface area contributed by atoms with E-state index in [1.54, 1.807) is 6.20 Å². The Bertz CT molecular complexity index is 614. The highest BCUT2D eigenvalue weighted by Crippen LogP contribution is 2.18. The van der Waals surface area contributed by atoms with E-state index in [2.05, 4.69) is 15.1 Å². The molecule has 7 heteroatoms. The Kier molecular flexibility index (Phi) is 4.37. The monoisotopic (exact) mass is 291 g/mol. The predicted molar refractivity (Wildman–Crippen MR) is 78.1 cm³/mol. The molecule has 1 heterocycles. The first kappa shape index (κ1) is 14.1. The molecule has 2 aromatic rings. The van der Waals surface area contributed by atoms with E-state index < -0.39 is 0 Å². The smallest absolute Gasteiger partial charge is 0.190 e. The number of nitrogens with two attached hydrogens (primary N) is 1. The number of hydrogen-bond acceptors (Lipinski definition) is 5. The van der Waals surface area contributed by atoms with Crippen LogP contribution < -0.4 is 10.6 Å². The van der Waals surface area contributed by atoms with Crippen molar-refractivity contribution < 1.29 is 5.21 Å². The molecule has 1 aromatic carbocycles. The zero-order valence-electron chi connectivity index (χ0n) is 10.9. The number of nitrogens with zero attached hydrogens (tertiary/aromatic N) is 4. The van der Waals surface area contributed by atoms with Crippen LogP contribution in [0.2, 0.25) is 5.02 Å². The van der Waals surface area contributed by atoms with Crippen molar-refractivity contribution in [2.75, 3.05) is 11.9 Å². The number of rotatable bonds is 4. The summed E-state index contributed by atoms with van der Waals surface area (Å²) in [6.07, 6.45) is 3.01. The molecule has 3 N–H and O–H groups in total. The van der Waals surface area contributed by atoms with Crippen LogP contribution >= 0.6 is 11.6 Å². The Morgan fingerprint density at radius 1 is 1.35 bits per heavy atom. The van der Waals surface area contributed by atoms with Gasteiger partial charge < -0.3 is 15.8 Å². The Balaban J connectivity index is 2.14. The highest BCUT2D eigenvalue weighted by atomic mass is 35.5. The van der Waals surface area contributed by atoms with E-state index in [1.165, 1.54) is 6.20 Å². The van der Waals surface area contributed by atoms with E-state index in [0.717, 1.165) is 5.56 Å². The van der Waals surface area contributed by atoms with Crippen LogP contribution in [0.4, 0.5) is 5.82 Å². The molecule has 0 spiro atoms. The molecule has 0 aliphatic heterocycles. The van der Waals surface area contributed by atoms with Crippen molar-refractivity contribution in [3.05, 3.63) is 52.9 Å². The van der Waals surface area contributed by atoms with Gasteiger partial charge in [-0.05, 0) is 11.6 Å². The van der Waals surface area contributed by atoms with Gasteiger partial charge in [0.1, 0.15) is 11.5 Å². The fourth-order valence-corrected chi connectivity index (χ4v) is 1.86. The summed E-state index contributed by atoms with van der Waals surface area (Å²) in [5, 5.41) is 12.1. The Morgan fingerprint density at radius 3 is 2.70 bits per heavy atom. The molecule has 0 bridgehead atoms. The van der Waals surface area contributed by atoms with E-state index in [1.807, 2.05) is 36.2 Å². The molecule has 0 unspecified atom stereocenters. The van der Waals surface area contributed by atoms with Gasteiger partial charge in [-0.1, -0.05) is 35.0 Å². The highest BCUT2D eigenvalue weighted by molar-refractivity contribution is 6.31. The molecule has 0 radical (unpaired) electrons. The van der Waals surface area contributed by atoms with Crippen LogP contribution in [0.5, 0.6) is 0 Å². The van der Waals surface area contributed by atoms with Crippen LogP contribution in [0, 0.1) is 0 Å². The first-order valence-corrected chi connectivity index (χ1v) is 6.24. The summed E-state index contributed by atoms with van der Waals surface area (Å²) in [6, 6.07) is 7.62. The molecule has 20 heavy (non-hydrogen) atoms. The number of oxime groups is 1. The molecule has 0 fully saturated rings. The lowest BCUT2D eigenvalue weighted by atomic mass is 10.2. The van der Waals surface area contributed by atoms with E-state index in [4.69, 9.17) is 22.5 Å². The zero-order valence-corrected chi connectivity index (χ0v) is 11.6. The fraction of sp³-hybridized carbons (Fsp3) is 0.154. The third-order valence-corrected chi connectivity index (χ3v) is 3.13. The summed E-state index contributed by atoms with van der Waals surface area (Å²) >= 11 is 6.12. The average molecular weight is 292 g/mol. The maximum atomic E-state index is 8.56. The lowest BCUT2D eigenvalue weighted by Gasteiger charge is -2.18. The highest BCUT2D eigenvalue weighted by Gasteiger charge is 2.08. The molecule has 2 rings (SSSR count). The molecule has 0 atom stereocenters. The Hall–Kier alpha value is -2.34. The quantitative estimate of drug-likeness (QED) is 0.388. The van der Waals surface area contributed by atoms with E-state index >= 15 is 0 Å². The second-order valence-corrected chi connectivity index (χ2v) is 4.60. The van der Waals surface area contributed by atoms with Gasteiger partial charge in [0.2, 0.25) is 0 Å². The number of hydrogen-bond donors (Lipinski definition) is 2. The molecular formula is C13H14ClN5O. The number of anilines is 1. The second-order valence-electron chi connectivity index (χ2n) is 4.19. The molecule has 104 valence electrons. The summed E-state index contributed by atoms with van der Waals surface area (Å²) in [4.78, 5) is 10.2. The molecule has 0 saturated heterocycles. The maximum Gasteiger partial charge on any atom is 0.190 e. The van der Waals surface area contributed by atoms with Crippen LogP contribution in [0.25, 0.3) is 0 Å². The SMILES string of the molecule is CN(Cc1ccccc1Cl)c1cnc(C(N)=NO)cn1. The van der Waals surface area contributed by atoms with Gasteiger partial charge in [0, 0.05) is 18.6 Å². The largest absolute Gasteiger partial charge is 0.409 e. The molecule has 0 aliphatic carbocycles. The molecule has 0 amide bonds. The van der Waals surface area contributed by atoms with Crippen molar-refractivity contribution in [1.82, 2.24) is 9.97 Å². The lowest BCUT2D eigenvalue weighted by Crippen LogP contribution is -2.20. The number of benzene rings is 1. The predicted octanol–water partition coefficient (Wildman–Crippen LogP) is 1.86. The van der Waals surface area contributed by atoms with Crippen molar-refractivity contribution in [2.24, 2.45) is 10.9 Å². The Labute approximate surface area is 121 Å². The van der Waals surface area contributed by atoms with Crippen molar-refractivity contribution in [1.29, 1.82) is 0 Å². The number of amidine groups is 1. The minimum Gasteiger partial charge on any atom is -0.409 e. The van der Waals surface area contributed by atoms with Crippen molar-refractivity contribution >= 4 is 23.3 Å². The number of aromatic nitrogens is 2. The van der Waals surface area contributed by atoms with E-state index in [0.29, 0.717) is 23.1 Å². The first-order valence-electron chi connectivity index (χ1n) is 5.86. The van der Waals surface area contributed by atoms with Gasteiger partial charge in [0.05, 0.1) is 12.4 Å². The van der Waals surface area contributed by atoms with Gasteiger partial charge in [-0.3, -0.25) is 0 Å². The van der Waals surface area contributed by atoms with Crippen LogP contribution in [-0.2, 0) is 6.54 Å². The van der Waals surface area contributed by atoms with Gasteiger partial charge in [0.15, 0.2) is 5.84 Å². The third kappa shape index (κ3) is 3.16. The number of halogens is 1. The van der Waals surface area contributed by atoms with Gasteiger partial charge in [0.25, 0.3) is 0 Å². The van der Waals surface area contributed by atoms with Gasteiger partial charge in [-0.15, -0.1) is 0 Å². The molecule has 6 nitrogen and oxygen atoms in total. The minimum absolute atomic E-state index is 0.0715. The summed E-state index contributed by atoms with van der Waals surface area (Å²) in [7, 11) is 1.89. The van der Waals surface area contributed by atoms with E-state index in [9.17, 15) is 0 Å². The standard InChI is InChI=1S/C13H14ClN5O/c1-19(8-9-4-2-3-5-10(9)14)12-7-16-11(6-17-12)13(15)18-20/h2-7,20H,8H2,1H3,(H2,15,18). The molecule has 0 saturated carbocycles. The Morgan fingerprint density at radius 2 is 2.10 bits per heavy atom. The summed E-state index contributed by atoms with van der Waals surface area (Å²) in [5.41, 5.74) is 6.75. The molecular weight excluding hydrogens is 278 g/mol. The third-order valence-electron chi connectivity index (χ3n) is 2.76. The van der Waals surface area contributed by atoms with Crippen LogP contribution in [0.15, 0.2) is 41.8 Å². The summed E-state index contributed by atoms with van der Waals surface area (Å²) < 4.78 is 0. The van der Waals surface area contributed by atoms with Gasteiger partial charge in [-0.25, -0.2) is 9.97 Å². The summed E-state index contributed by atoms with van der Waals surface area (Å²) in [6.45, 7) is 0.608. The topological polar surface area (TPSA) is 87.6 Å². The first-order chi connectivity index (χ1) is 9.61. The minimum atomic E-state index is -0.0715. The van der Waals surface area contributed by atoms with Crippen molar-refractivity contribution in [3.8, 4) is 0 Å². The normalized spacial score (nSPS) is 11.4. The average Bonchev–Trinajstić information content (AvgIpc) is 2.49. The molecule has 1 aromatic heterocycles. The van der Waals surface area contributed by atoms with Crippen LogP contribution in [-0.4, -0.2) is 28.1 Å². The lowest BCUT2D eigenvalue weighted by molar-refractivity contribution is 0.318.